The summed E-state index contributed by atoms with van der Waals surface area (Å²) in [6.07, 6.45) is 0. The van der Waals surface area contributed by atoms with Gasteiger partial charge in [0.05, 0.1) is 12.0 Å². The highest BCUT2D eigenvalue weighted by atomic mass is 32.3. The van der Waals surface area contributed by atoms with E-state index in [1.807, 2.05) is 6.92 Å². The third-order valence-corrected chi connectivity index (χ3v) is 2.77. The molecule has 7 nitrogen and oxygen atoms in total. The van der Waals surface area contributed by atoms with Gasteiger partial charge in [0.15, 0.2) is 0 Å². The number of rotatable bonds is 2. The molecule has 0 amide bonds. The Hall–Kier alpha value is -1.00. The van der Waals surface area contributed by atoms with Gasteiger partial charge in [-0.25, -0.2) is 16.8 Å². The molecule has 0 aliphatic heterocycles. The van der Waals surface area contributed by atoms with E-state index in [-0.39, 0.29) is 4.90 Å². The van der Waals surface area contributed by atoms with Crippen molar-refractivity contribution in [2.24, 2.45) is 0 Å². The van der Waals surface area contributed by atoms with Crippen LogP contribution in [0.3, 0.4) is 0 Å². The molecule has 0 aromatic heterocycles. The van der Waals surface area contributed by atoms with E-state index in [1.54, 1.807) is 12.1 Å². The van der Waals surface area contributed by atoms with Crippen LogP contribution >= 0.6 is 0 Å². The van der Waals surface area contributed by atoms with Crippen molar-refractivity contribution in [2.75, 3.05) is 7.11 Å². The standard InChI is InChI=1S/C7H8O3S.CH4O4S/c1-6-2-4-7(5-3-6)11(8,9)10;1-5-6(2,3)4/h2-5H,1H3,(H,8,9,10);1H3,(H,2,3,4)/p-2. The van der Waals surface area contributed by atoms with Crippen LogP contribution in [0.2, 0.25) is 0 Å². The SMILES string of the molecule is COS(=O)(=O)[O-].Cc1ccc(S(=O)(=O)[O-])cc1. The Morgan fingerprint density at radius 2 is 1.35 bits per heavy atom. The molecule has 0 heterocycles. The highest BCUT2D eigenvalue weighted by molar-refractivity contribution is 7.85. The highest BCUT2D eigenvalue weighted by Crippen LogP contribution is 2.08. The van der Waals surface area contributed by atoms with Crippen LogP contribution in [0.25, 0.3) is 0 Å². The van der Waals surface area contributed by atoms with Crippen molar-refractivity contribution in [1.82, 2.24) is 0 Å². The van der Waals surface area contributed by atoms with Crippen molar-refractivity contribution in [1.29, 1.82) is 0 Å². The molecule has 0 saturated heterocycles. The lowest BCUT2D eigenvalue weighted by Gasteiger charge is -2.05. The lowest BCUT2D eigenvalue weighted by Crippen LogP contribution is -1.97. The summed E-state index contributed by atoms with van der Waals surface area (Å²) in [6, 6.07) is 5.78. The molecule has 0 atom stereocenters. The molecular formula is C8H10O7S2-2. The zero-order valence-electron chi connectivity index (χ0n) is 8.98. The molecule has 9 heteroatoms. The predicted molar refractivity (Wildman–Crippen MR) is 55.8 cm³/mol. The molecule has 1 rings (SSSR count). The van der Waals surface area contributed by atoms with Gasteiger partial charge in [-0.3, -0.25) is 4.18 Å². The Bertz CT molecular complexity index is 542. The Balaban J connectivity index is 0.000000366. The van der Waals surface area contributed by atoms with Crippen LogP contribution in [0.15, 0.2) is 29.2 Å². The average Bonchev–Trinajstić information content (AvgIpc) is 2.17. The minimum absolute atomic E-state index is 0.178. The average molecular weight is 282 g/mol. The highest BCUT2D eigenvalue weighted by Gasteiger charge is 1.97. The summed E-state index contributed by atoms with van der Waals surface area (Å²) in [4.78, 5) is -0.178. The quantitative estimate of drug-likeness (QED) is 0.552. The fourth-order valence-corrected chi connectivity index (χ4v) is 1.17. The Morgan fingerprint density at radius 1 is 1.00 bits per heavy atom. The first-order valence-corrected chi connectivity index (χ1v) is 6.84. The van der Waals surface area contributed by atoms with E-state index in [1.165, 1.54) is 12.1 Å². The molecule has 0 unspecified atom stereocenters. The first-order chi connectivity index (χ1) is 7.56. The van der Waals surface area contributed by atoms with Crippen LogP contribution in [0.1, 0.15) is 5.56 Å². The minimum Gasteiger partial charge on any atom is -0.744 e. The van der Waals surface area contributed by atoms with Gasteiger partial charge in [-0.2, -0.15) is 0 Å². The first-order valence-electron chi connectivity index (χ1n) is 4.10. The summed E-state index contributed by atoms with van der Waals surface area (Å²) < 4.78 is 62.2. The maximum absolute atomic E-state index is 10.4. The molecule has 98 valence electrons. The third-order valence-electron chi connectivity index (χ3n) is 1.51. The topological polar surface area (TPSA) is 124 Å². The zero-order chi connectivity index (χ0) is 13.7. The second-order valence-corrected chi connectivity index (χ2v) is 5.37. The van der Waals surface area contributed by atoms with Crippen LogP contribution in [0.5, 0.6) is 0 Å². The maximum Gasteiger partial charge on any atom is 0.217 e. The monoisotopic (exact) mass is 282 g/mol. The first kappa shape index (κ1) is 16.0. The second-order valence-electron chi connectivity index (χ2n) is 2.84. The van der Waals surface area contributed by atoms with Crippen molar-refractivity contribution >= 4 is 20.5 Å². The van der Waals surface area contributed by atoms with E-state index < -0.39 is 20.5 Å². The Labute approximate surface area is 99.7 Å². The van der Waals surface area contributed by atoms with Gasteiger partial charge in [0.1, 0.15) is 10.1 Å². The molecule has 17 heavy (non-hydrogen) atoms. The van der Waals surface area contributed by atoms with E-state index in [4.69, 9.17) is 0 Å². The van der Waals surface area contributed by atoms with Gasteiger partial charge < -0.3 is 9.11 Å². The fourth-order valence-electron chi connectivity index (χ4n) is 0.705. The smallest absolute Gasteiger partial charge is 0.217 e. The number of benzene rings is 1. The summed E-state index contributed by atoms with van der Waals surface area (Å²) in [5, 5.41) is 0. The Morgan fingerprint density at radius 3 is 1.59 bits per heavy atom. The summed E-state index contributed by atoms with van der Waals surface area (Å²) in [5.74, 6) is 0. The van der Waals surface area contributed by atoms with E-state index in [2.05, 4.69) is 4.18 Å². The number of aryl methyl sites for hydroxylation is 1. The van der Waals surface area contributed by atoms with Crippen molar-refractivity contribution in [3.05, 3.63) is 29.8 Å². The van der Waals surface area contributed by atoms with Gasteiger partial charge in [-0.1, -0.05) is 17.7 Å². The van der Waals surface area contributed by atoms with Gasteiger partial charge in [0.25, 0.3) is 0 Å². The number of hydrogen-bond donors (Lipinski definition) is 0. The van der Waals surface area contributed by atoms with Gasteiger partial charge in [-0.15, -0.1) is 0 Å². The number of hydrogen-bond acceptors (Lipinski definition) is 7. The Kier molecular flexibility index (Phi) is 5.72. The van der Waals surface area contributed by atoms with Crippen LogP contribution < -0.4 is 0 Å². The third kappa shape index (κ3) is 7.82. The summed E-state index contributed by atoms with van der Waals surface area (Å²) in [5.41, 5.74) is 0.928. The molecular weight excluding hydrogens is 272 g/mol. The minimum atomic E-state index is -4.41. The van der Waals surface area contributed by atoms with Crippen LogP contribution in [-0.4, -0.2) is 33.1 Å². The molecule has 0 spiro atoms. The molecule has 0 fully saturated rings. The lowest BCUT2D eigenvalue weighted by molar-refractivity contribution is 0.314. The summed E-state index contributed by atoms with van der Waals surface area (Å²) in [7, 11) is -7.87. The van der Waals surface area contributed by atoms with Crippen molar-refractivity contribution in [3.63, 3.8) is 0 Å². The molecule has 0 bridgehead atoms. The fraction of sp³-hybridized carbons (Fsp3) is 0.250. The maximum atomic E-state index is 10.4. The molecule has 0 aliphatic rings. The molecule has 1 aromatic rings. The summed E-state index contributed by atoms with van der Waals surface area (Å²) in [6.45, 7) is 1.82. The van der Waals surface area contributed by atoms with E-state index in [0.29, 0.717) is 0 Å². The molecule has 0 N–H and O–H groups in total. The van der Waals surface area contributed by atoms with Gasteiger partial charge in [0, 0.05) is 0 Å². The van der Waals surface area contributed by atoms with Crippen LogP contribution in [0.4, 0.5) is 0 Å². The van der Waals surface area contributed by atoms with Crippen molar-refractivity contribution in [2.45, 2.75) is 11.8 Å². The van der Waals surface area contributed by atoms with Gasteiger partial charge >= 0.3 is 0 Å². The predicted octanol–water partition coefficient (Wildman–Crippen LogP) is -0.00788. The van der Waals surface area contributed by atoms with Crippen LogP contribution in [0, 0.1) is 6.92 Å². The van der Waals surface area contributed by atoms with Crippen molar-refractivity contribution in [3.8, 4) is 0 Å². The van der Waals surface area contributed by atoms with E-state index >= 15 is 0 Å². The summed E-state index contributed by atoms with van der Waals surface area (Å²) >= 11 is 0. The van der Waals surface area contributed by atoms with Gasteiger partial charge in [0.2, 0.25) is 10.4 Å². The normalized spacial score (nSPS) is 11.5. The van der Waals surface area contributed by atoms with E-state index in [9.17, 15) is 25.9 Å². The second kappa shape index (κ2) is 6.07. The zero-order valence-corrected chi connectivity index (χ0v) is 10.6. The lowest BCUT2D eigenvalue weighted by atomic mass is 10.2. The largest absolute Gasteiger partial charge is 0.744 e. The van der Waals surface area contributed by atoms with Gasteiger partial charge in [-0.05, 0) is 19.1 Å². The van der Waals surface area contributed by atoms with Crippen LogP contribution in [-0.2, 0) is 24.7 Å². The molecule has 0 radical (unpaired) electrons. The molecule has 0 saturated carbocycles. The molecule has 1 aromatic carbocycles. The van der Waals surface area contributed by atoms with E-state index in [0.717, 1.165) is 12.7 Å². The van der Waals surface area contributed by atoms with Crippen molar-refractivity contribution < 1.29 is 30.1 Å². The molecule has 0 aliphatic carbocycles.